The van der Waals surface area contributed by atoms with Gasteiger partial charge in [-0.15, -0.1) is 0 Å². The zero-order valence-electron chi connectivity index (χ0n) is 9.33. The Morgan fingerprint density at radius 2 is 1.94 bits per heavy atom. The summed E-state index contributed by atoms with van der Waals surface area (Å²) in [5.74, 6) is 0.145. The summed E-state index contributed by atoms with van der Waals surface area (Å²) in [7, 11) is 0. The van der Waals surface area contributed by atoms with E-state index in [9.17, 15) is 5.11 Å². The van der Waals surface area contributed by atoms with Crippen LogP contribution in [-0.2, 0) is 0 Å². The fourth-order valence-electron chi connectivity index (χ4n) is 1.80. The van der Waals surface area contributed by atoms with E-state index in [-0.39, 0.29) is 5.88 Å². The van der Waals surface area contributed by atoms with Gasteiger partial charge < -0.3 is 5.11 Å². The van der Waals surface area contributed by atoms with E-state index in [1.165, 1.54) is 5.56 Å². The first-order chi connectivity index (χ1) is 8.25. The minimum Gasteiger partial charge on any atom is -0.493 e. The normalized spacial score (nSPS) is 10.9. The van der Waals surface area contributed by atoms with Crippen LogP contribution in [0, 0.1) is 6.92 Å². The maximum Gasteiger partial charge on any atom is 0.224 e. The quantitative estimate of drug-likeness (QED) is 0.691. The molecule has 1 aromatic carbocycles. The van der Waals surface area contributed by atoms with Crippen LogP contribution in [0.3, 0.4) is 0 Å². The van der Waals surface area contributed by atoms with Crippen LogP contribution in [0.1, 0.15) is 5.56 Å². The van der Waals surface area contributed by atoms with Gasteiger partial charge in [-0.05, 0) is 6.92 Å². The third kappa shape index (κ3) is 1.54. The van der Waals surface area contributed by atoms with E-state index < -0.39 is 0 Å². The van der Waals surface area contributed by atoms with Crippen molar-refractivity contribution in [2.24, 2.45) is 0 Å². The molecule has 2 heterocycles. The topological polar surface area (TPSA) is 50.4 Å². The third-order valence-electron chi connectivity index (χ3n) is 2.73. The van der Waals surface area contributed by atoms with Gasteiger partial charge in [0.1, 0.15) is 5.69 Å². The number of hydrogen-bond acceptors (Lipinski definition) is 3. The van der Waals surface area contributed by atoms with E-state index in [4.69, 9.17) is 0 Å². The van der Waals surface area contributed by atoms with Crippen molar-refractivity contribution in [3.63, 3.8) is 0 Å². The molecule has 0 aliphatic heterocycles. The molecule has 17 heavy (non-hydrogen) atoms. The van der Waals surface area contributed by atoms with E-state index in [1.54, 1.807) is 23.0 Å². The molecule has 0 atom stereocenters. The number of imidazole rings is 1. The molecule has 0 aliphatic carbocycles. The van der Waals surface area contributed by atoms with Crippen molar-refractivity contribution in [3.8, 4) is 17.1 Å². The highest BCUT2D eigenvalue weighted by molar-refractivity contribution is 5.68. The monoisotopic (exact) mass is 225 g/mol. The first kappa shape index (κ1) is 9.84. The number of rotatable bonds is 1. The van der Waals surface area contributed by atoms with Crippen molar-refractivity contribution in [2.45, 2.75) is 6.92 Å². The van der Waals surface area contributed by atoms with Crippen LogP contribution >= 0.6 is 0 Å². The van der Waals surface area contributed by atoms with Crippen molar-refractivity contribution in [1.82, 2.24) is 14.4 Å². The predicted octanol–water partition coefficient (Wildman–Crippen LogP) is 2.41. The lowest BCUT2D eigenvalue weighted by Gasteiger charge is -1.98. The molecule has 3 rings (SSSR count). The Morgan fingerprint density at radius 1 is 1.18 bits per heavy atom. The number of hydrogen-bond donors (Lipinski definition) is 1. The lowest BCUT2D eigenvalue weighted by molar-refractivity contribution is 0.450. The molecule has 1 N–H and O–H groups in total. The summed E-state index contributed by atoms with van der Waals surface area (Å²) in [4.78, 5) is 8.34. The average molecular weight is 225 g/mol. The van der Waals surface area contributed by atoms with Crippen molar-refractivity contribution in [1.29, 1.82) is 0 Å². The molecule has 0 saturated carbocycles. The van der Waals surface area contributed by atoms with Gasteiger partial charge >= 0.3 is 0 Å². The first-order valence-electron chi connectivity index (χ1n) is 5.34. The smallest absolute Gasteiger partial charge is 0.224 e. The highest BCUT2D eigenvalue weighted by Crippen LogP contribution is 2.29. The van der Waals surface area contributed by atoms with E-state index in [1.807, 2.05) is 31.2 Å². The minimum absolute atomic E-state index is 0.145. The molecule has 0 aliphatic rings. The third-order valence-corrected chi connectivity index (χ3v) is 2.73. The Kier molecular flexibility index (Phi) is 2.08. The molecule has 0 fully saturated rings. The predicted molar refractivity (Wildman–Crippen MR) is 64.8 cm³/mol. The van der Waals surface area contributed by atoms with E-state index in [2.05, 4.69) is 9.97 Å². The van der Waals surface area contributed by atoms with Gasteiger partial charge in [0, 0.05) is 18.0 Å². The van der Waals surface area contributed by atoms with Gasteiger partial charge in [-0.3, -0.25) is 9.38 Å². The van der Waals surface area contributed by atoms with Crippen molar-refractivity contribution >= 4 is 5.65 Å². The molecule has 0 unspecified atom stereocenters. The van der Waals surface area contributed by atoms with Crippen LogP contribution in [0.2, 0.25) is 0 Å². The van der Waals surface area contributed by atoms with Crippen molar-refractivity contribution in [3.05, 3.63) is 48.4 Å². The molecule has 0 radical (unpaired) electrons. The second kappa shape index (κ2) is 3.59. The largest absolute Gasteiger partial charge is 0.493 e. The second-order valence-electron chi connectivity index (χ2n) is 3.95. The maximum absolute atomic E-state index is 10.1. The van der Waals surface area contributed by atoms with Gasteiger partial charge in [0.15, 0.2) is 5.65 Å². The Labute approximate surface area is 98.2 Å². The van der Waals surface area contributed by atoms with Crippen LogP contribution in [-0.4, -0.2) is 19.5 Å². The average Bonchev–Trinajstić information content (AvgIpc) is 2.69. The lowest BCUT2D eigenvalue weighted by atomic mass is 10.1. The molecule has 0 bridgehead atoms. The van der Waals surface area contributed by atoms with Crippen LogP contribution in [0.5, 0.6) is 5.88 Å². The molecule has 4 heteroatoms. The fraction of sp³-hybridized carbons (Fsp3) is 0.0769. The minimum atomic E-state index is 0.145. The van der Waals surface area contributed by atoms with Crippen molar-refractivity contribution in [2.75, 3.05) is 0 Å². The maximum atomic E-state index is 10.1. The van der Waals surface area contributed by atoms with Crippen LogP contribution < -0.4 is 0 Å². The summed E-state index contributed by atoms with van der Waals surface area (Å²) in [6.45, 7) is 2.03. The number of aromatic hydroxyl groups is 1. The highest BCUT2D eigenvalue weighted by Gasteiger charge is 2.12. The van der Waals surface area contributed by atoms with Gasteiger partial charge in [0.25, 0.3) is 0 Å². The zero-order valence-corrected chi connectivity index (χ0v) is 9.33. The number of nitrogens with zero attached hydrogens (tertiary/aromatic N) is 3. The van der Waals surface area contributed by atoms with E-state index in [0.717, 1.165) is 5.56 Å². The molecule has 84 valence electrons. The standard InChI is InChI=1S/C13H11N3O/c1-9-2-4-10(5-3-9)12-13(17)16-7-6-14-8-11(16)15-12/h2-8,17H,1H3. The van der Waals surface area contributed by atoms with Gasteiger partial charge in [-0.1, -0.05) is 29.8 Å². The summed E-state index contributed by atoms with van der Waals surface area (Å²) in [6, 6.07) is 7.89. The van der Waals surface area contributed by atoms with Gasteiger partial charge in [-0.2, -0.15) is 0 Å². The Bertz CT molecular complexity index is 671. The van der Waals surface area contributed by atoms with Crippen LogP contribution in [0.4, 0.5) is 0 Å². The molecular formula is C13H11N3O. The first-order valence-corrected chi connectivity index (χ1v) is 5.34. The molecule has 0 spiro atoms. The van der Waals surface area contributed by atoms with Gasteiger partial charge in [0.05, 0.1) is 6.20 Å². The number of fused-ring (bicyclic) bond motifs is 1. The highest BCUT2D eigenvalue weighted by atomic mass is 16.3. The summed E-state index contributed by atoms with van der Waals surface area (Å²) in [5.41, 5.74) is 3.30. The van der Waals surface area contributed by atoms with E-state index >= 15 is 0 Å². The number of benzene rings is 1. The Balaban J connectivity index is 2.24. The molecule has 3 aromatic rings. The lowest BCUT2D eigenvalue weighted by Crippen LogP contribution is -1.83. The van der Waals surface area contributed by atoms with E-state index in [0.29, 0.717) is 11.3 Å². The summed E-state index contributed by atoms with van der Waals surface area (Å²) in [6.07, 6.45) is 4.93. The fourth-order valence-corrected chi connectivity index (χ4v) is 1.80. The number of aromatic nitrogens is 3. The summed E-state index contributed by atoms with van der Waals surface area (Å²) < 4.78 is 1.61. The van der Waals surface area contributed by atoms with Gasteiger partial charge in [0.2, 0.25) is 5.88 Å². The molecular weight excluding hydrogens is 214 g/mol. The molecule has 0 saturated heterocycles. The molecule has 2 aromatic heterocycles. The summed E-state index contributed by atoms with van der Waals surface area (Å²) in [5, 5.41) is 10.1. The van der Waals surface area contributed by atoms with Crippen molar-refractivity contribution < 1.29 is 5.11 Å². The molecule has 0 amide bonds. The van der Waals surface area contributed by atoms with Gasteiger partial charge in [-0.25, -0.2) is 4.98 Å². The van der Waals surface area contributed by atoms with Crippen LogP contribution in [0.25, 0.3) is 16.9 Å². The Morgan fingerprint density at radius 3 is 2.65 bits per heavy atom. The number of aryl methyl sites for hydroxylation is 1. The summed E-state index contributed by atoms with van der Waals surface area (Å²) >= 11 is 0. The van der Waals surface area contributed by atoms with Crippen LogP contribution in [0.15, 0.2) is 42.9 Å². The Hall–Kier alpha value is -2.36. The SMILES string of the molecule is Cc1ccc(-c2nc3cnccn3c2O)cc1. The second-order valence-corrected chi connectivity index (χ2v) is 3.95. The molecule has 4 nitrogen and oxygen atoms in total. The zero-order chi connectivity index (χ0) is 11.8.